The lowest BCUT2D eigenvalue weighted by Gasteiger charge is -2.30. The molecule has 0 amide bonds. The molecule has 0 aliphatic heterocycles. The summed E-state index contributed by atoms with van der Waals surface area (Å²) in [6.07, 6.45) is 0. The van der Waals surface area contributed by atoms with Crippen LogP contribution in [-0.2, 0) is 0 Å². The van der Waals surface area contributed by atoms with Gasteiger partial charge in [0.25, 0.3) is 0 Å². The van der Waals surface area contributed by atoms with E-state index in [1.807, 2.05) is 0 Å². The second-order valence-corrected chi connectivity index (χ2v) is 4.15. The van der Waals surface area contributed by atoms with E-state index in [9.17, 15) is 0 Å². The predicted octanol–water partition coefficient (Wildman–Crippen LogP) is 2.29. The van der Waals surface area contributed by atoms with Crippen LogP contribution in [0.2, 0.25) is 0 Å². The van der Waals surface area contributed by atoms with Crippen LogP contribution in [0.3, 0.4) is 0 Å². The molecule has 0 saturated heterocycles. The van der Waals surface area contributed by atoms with Crippen molar-refractivity contribution in [3.8, 4) is 0 Å². The molecule has 0 saturated carbocycles. The number of hydrogen-bond donors (Lipinski definition) is 1. The van der Waals surface area contributed by atoms with Crippen molar-refractivity contribution in [2.24, 2.45) is 0 Å². The summed E-state index contributed by atoms with van der Waals surface area (Å²) >= 11 is 0. The Morgan fingerprint density at radius 3 is 2.27 bits per heavy atom. The van der Waals surface area contributed by atoms with Crippen molar-refractivity contribution in [1.82, 2.24) is 10.2 Å². The Hall–Kier alpha value is -0.860. The predicted molar refractivity (Wildman–Crippen MR) is 66.0 cm³/mol. The van der Waals surface area contributed by atoms with Gasteiger partial charge in [0.15, 0.2) is 0 Å². The quantitative estimate of drug-likeness (QED) is 0.795. The summed E-state index contributed by atoms with van der Waals surface area (Å²) < 4.78 is 0. The average Bonchev–Trinajstić information content (AvgIpc) is 2.26. The molecule has 0 aliphatic rings. The van der Waals surface area contributed by atoms with Crippen molar-refractivity contribution in [3.63, 3.8) is 0 Å². The molecular formula is C13H22N2. The molecule has 0 aromatic heterocycles. The zero-order chi connectivity index (χ0) is 11.3. The maximum atomic E-state index is 3.54. The number of nitrogens with zero attached hydrogens (tertiary/aromatic N) is 1. The Balaban J connectivity index is 2.83. The van der Waals surface area contributed by atoms with Gasteiger partial charge in [-0.2, -0.15) is 0 Å². The van der Waals surface area contributed by atoms with Gasteiger partial charge in [-0.1, -0.05) is 37.3 Å². The normalized spacial score (nSPS) is 15.3. The molecule has 2 unspecified atom stereocenters. The lowest BCUT2D eigenvalue weighted by Crippen LogP contribution is -2.39. The first-order chi connectivity index (χ1) is 7.16. The molecule has 2 atom stereocenters. The smallest absolute Gasteiger partial charge is 0.0475 e. The first-order valence-electron chi connectivity index (χ1n) is 5.61. The highest BCUT2D eigenvalue weighted by Gasteiger charge is 2.19. The van der Waals surface area contributed by atoms with E-state index in [0.29, 0.717) is 12.1 Å². The zero-order valence-electron chi connectivity index (χ0n) is 10.2. The van der Waals surface area contributed by atoms with Gasteiger partial charge in [0.05, 0.1) is 0 Å². The summed E-state index contributed by atoms with van der Waals surface area (Å²) in [5.74, 6) is 0. The highest BCUT2D eigenvalue weighted by atomic mass is 15.1. The summed E-state index contributed by atoms with van der Waals surface area (Å²) in [5.41, 5.74) is 1.36. The fourth-order valence-electron chi connectivity index (χ4n) is 1.75. The van der Waals surface area contributed by atoms with Crippen LogP contribution in [0, 0.1) is 0 Å². The highest BCUT2D eigenvalue weighted by Crippen LogP contribution is 2.18. The first-order valence-corrected chi connectivity index (χ1v) is 5.61. The minimum atomic E-state index is 0.409. The molecule has 0 spiro atoms. The summed E-state index contributed by atoms with van der Waals surface area (Å²) in [6.45, 7) is 5.40. The van der Waals surface area contributed by atoms with Gasteiger partial charge < -0.3 is 10.2 Å². The van der Waals surface area contributed by atoms with Gasteiger partial charge >= 0.3 is 0 Å². The van der Waals surface area contributed by atoms with Gasteiger partial charge in [0, 0.05) is 12.1 Å². The monoisotopic (exact) mass is 206 g/mol. The van der Waals surface area contributed by atoms with Gasteiger partial charge in [0.2, 0.25) is 0 Å². The van der Waals surface area contributed by atoms with Gasteiger partial charge in [-0.15, -0.1) is 0 Å². The highest BCUT2D eigenvalue weighted by molar-refractivity contribution is 5.20. The minimum Gasteiger partial charge on any atom is -0.309 e. The Kier molecular flexibility index (Phi) is 4.79. The van der Waals surface area contributed by atoms with Crippen LogP contribution in [0.5, 0.6) is 0 Å². The molecule has 0 heterocycles. The molecule has 0 bridgehead atoms. The Labute approximate surface area is 93.3 Å². The largest absolute Gasteiger partial charge is 0.309 e. The number of hydrogen-bond acceptors (Lipinski definition) is 2. The number of benzene rings is 1. The van der Waals surface area contributed by atoms with E-state index in [1.165, 1.54) is 5.56 Å². The van der Waals surface area contributed by atoms with Crippen molar-refractivity contribution >= 4 is 0 Å². The van der Waals surface area contributed by atoms with Crippen molar-refractivity contribution in [3.05, 3.63) is 35.9 Å². The third-order valence-corrected chi connectivity index (χ3v) is 2.88. The summed E-state index contributed by atoms with van der Waals surface area (Å²) in [7, 11) is 4.25. The maximum Gasteiger partial charge on any atom is 0.0475 e. The Bertz CT molecular complexity index is 269. The topological polar surface area (TPSA) is 15.3 Å². The fourth-order valence-corrected chi connectivity index (χ4v) is 1.75. The average molecular weight is 206 g/mol. The molecular weight excluding hydrogens is 184 g/mol. The molecule has 0 fully saturated rings. The van der Waals surface area contributed by atoms with Crippen LogP contribution in [0.1, 0.15) is 25.5 Å². The van der Waals surface area contributed by atoms with Crippen LogP contribution in [0.25, 0.3) is 0 Å². The molecule has 1 N–H and O–H groups in total. The molecule has 2 nitrogen and oxygen atoms in total. The standard InChI is InChI=1S/C13H22N2/c1-5-14-13(11(2)15(3)4)12-9-7-6-8-10-12/h6-11,13-14H,5H2,1-4H3. The zero-order valence-corrected chi connectivity index (χ0v) is 10.2. The molecule has 1 rings (SSSR count). The third-order valence-electron chi connectivity index (χ3n) is 2.88. The van der Waals surface area contributed by atoms with Crippen molar-refractivity contribution in [1.29, 1.82) is 0 Å². The second-order valence-electron chi connectivity index (χ2n) is 4.15. The maximum absolute atomic E-state index is 3.54. The van der Waals surface area contributed by atoms with Crippen molar-refractivity contribution in [2.75, 3.05) is 20.6 Å². The van der Waals surface area contributed by atoms with E-state index in [1.54, 1.807) is 0 Å². The molecule has 1 aromatic rings. The van der Waals surface area contributed by atoms with Crippen molar-refractivity contribution in [2.45, 2.75) is 25.9 Å². The van der Waals surface area contributed by atoms with Crippen molar-refractivity contribution < 1.29 is 0 Å². The van der Waals surface area contributed by atoms with Crippen LogP contribution in [0.4, 0.5) is 0 Å². The lowest BCUT2D eigenvalue weighted by molar-refractivity contribution is 0.249. The van der Waals surface area contributed by atoms with Crippen LogP contribution >= 0.6 is 0 Å². The summed E-state index contributed by atoms with van der Waals surface area (Å²) in [4.78, 5) is 2.25. The Morgan fingerprint density at radius 2 is 1.80 bits per heavy atom. The number of nitrogens with one attached hydrogen (secondary N) is 1. The SMILES string of the molecule is CCNC(c1ccccc1)C(C)N(C)C. The van der Waals surface area contributed by atoms with E-state index >= 15 is 0 Å². The third kappa shape index (κ3) is 3.33. The van der Waals surface area contributed by atoms with Gasteiger partial charge in [0.1, 0.15) is 0 Å². The molecule has 0 radical (unpaired) electrons. The van der Waals surface area contributed by atoms with E-state index < -0.39 is 0 Å². The Morgan fingerprint density at radius 1 is 1.20 bits per heavy atom. The van der Waals surface area contributed by atoms with E-state index in [-0.39, 0.29) is 0 Å². The van der Waals surface area contributed by atoms with Gasteiger partial charge in [-0.05, 0) is 33.1 Å². The number of rotatable bonds is 5. The van der Waals surface area contributed by atoms with Crippen LogP contribution < -0.4 is 5.32 Å². The molecule has 1 aromatic carbocycles. The molecule has 15 heavy (non-hydrogen) atoms. The summed E-state index contributed by atoms with van der Waals surface area (Å²) in [6, 6.07) is 11.5. The molecule has 0 aliphatic carbocycles. The summed E-state index contributed by atoms with van der Waals surface area (Å²) in [5, 5.41) is 3.54. The van der Waals surface area contributed by atoms with Crippen LogP contribution in [0.15, 0.2) is 30.3 Å². The lowest BCUT2D eigenvalue weighted by atomic mass is 10.00. The minimum absolute atomic E-state index is 0.409. The molecule has 84 valence electrons. The molecule has 2 heteroatoms. The second kappa shape index (κ2) is 5.89. The van der Waals surface area contributed by atoms with Crippen LogP contribution in [-0.4, -0.2) is 31.6 Å². The number of likely N-dealkylation sites (N-methyl/N-ethyl adjacent to an activating group) is 2. The van der Waals surface area contributed by atoms with E-state index in [0.717, 1.165) is 6.54 Å². The van der Waals surface area contributed by atoms with Gasteiger partial charge in [-0.25, -0.2) is 0 Å². The first kappa shape index (κ1) is 12.2. The van der Waals surface area contributed by atoms with Gasteiger partial charge in [-0.3, -0.25) is 0 Å². The fraction of sp³-hybridized carbons (Fsp3) is 0.538. The van der Waals surface area contributed by atoms with E-state index in [2.05, 4.69) is 68.5 Å². The van der Waals surface area contributed by atoms with E-state index in [4.69, 9.17) is 0 Å².